The van der Waals surface area contributed by atoms with Gasteiger partial charge in [-0.1, -0.05) is 158 Å². The van der Waals surface area contributed by atoms with Gasteiger partial charge in [0.05, 0.1) is 33.5 Å². The fourth-order valence-electron chi connectivity index (χ4n) is 9.98. The van der Waals surface area contributed by atoms with Crippen LogP contribution in [0.3, 0.4) is 0 Å². The standard InChI is InChI=1S/C60H38N4/c1-3-17-39(18-4-1)60-61-54(41-31-32-59-53(37-41)51-27-13-16-30-58(51)63(59)44-20-5-2-6-21-44)38-55(62-60)43-33-42(52-36-40-19-7-8-22-46(40)47-23-9-10-24-48(47)52)34-45(35-43)64-56-28-14-11-25-49(56)50-26-12-15-29-57(50)64/h1-38H. The first kappa shape index (κ1) is 36.1. The van der Waals surface area contributed by atoms with E-state index in [4.69, 9.17) is 9.97 Å². The van der Waals surface area contributed by atoms with Crippen molar-refractivity contribution in [3.63, 3.8) is 0 Å². The van der Waals surface area contributed by atoms with Gasteiger partial charge in [-0.05, 0) is 105 Å². The molecule has 0 saturated heterocycles. The molecule has 3 heterocycles. The molecule has 0 amide bonds. The zero-order chi connectivity index (χ0) is 42.1. The Morgan fingerprint density at radius 2 is 0.766 bits per heavy atom. The Morgan fingerprint density at radius 3 is 1.45 bits per heavy atom. The average molecular weight is 815 g/mol. The van der Waals surface area contributed by atoms with E-state index in [1.807, 2.05) is 6.07 Å². The molecule has 3 aromatic heterocycles. The van der Waals surface area contributed by atoms with Crippen LogP contribution in [0.15, 0.2) is 231 Å². The van der Waals surface area contributed by atoms with Crippen molar-refractivity contribution >= 4 is 65.2 Å². The highest BCUT2D eigenvalue weighted by Gasteiger charge is 2.19. The summed E-state index contributed by atoms with van der Waals surface area (Å²) in [6.45, 7) is 0. The van der Waals surface area contributed by atoms with Crippen molar-refractivity contribution in [2.24, 2.45) is 0 Å². The molecule has 0 saturated carbocycles. The lowest BCUT2D eigenvalue weighted by atomic mass is 9.91. The molecule has 0 unspecified atom stereocenters. The van der Waals surface area contributed by atoms with Gasteiger partial charge in [-0.3, -0.25) is 0 Å². The van der Waals surface area contributed by atoms with Gasteiger partial charge in [-0.15, -0.1) is 0 Å². The number of para-hydroxylation sites is 4. The lowest BCUT2D eigenvalue weighted by molar-refractivity contribution is 1.16. The van der Waals surface area contributed by atoms with Gasteiger partial charge in [0, 0.05) is 49.6 Å². The molecule has 0 bridgehead atoms. The molecular formula is C60H38N4. The summed E-state index contributed by atoms with van der Waals surface area (Å²) in [5.74, 6) is 0.680. The second-order valence-corrected chi connectivity index (χ2v) is 16.6. The van der Waals surface area contributed by atoms with Crippen LogP contribution in [0.25, 0.3) is 122 Å². The molecule has 13 aromatic rings. The number of hydrogen-bond donors (Lipinski definition) is 0. The maximum Gasteiger partial charge on any atom is 0.160 e. The molecule has 0 aliphatic carbocycles. The summed E-state index contributed by atoms with van der Waals surface area (Å²) in [5.41, 5.74) is 13.9. The summed E-state index contributed by atoms with van der Waals surface area (Å²) in [6, 6.07) is 82.9. The van der Waals surface area contributed by atoms with Crippen LogP contribution in [0.4, 0.5) is 0 Å². The molecule has 64 heavy (non-hydrogen) atoms. The number of hydrogen-bond acceptors (Lipinski definition) is 2. The molecule has 0 N–H and O–H groups in total. The molecule has 4 nitrogen and oxygen atoms in total. The third-order valence-electron chi connectivity index (χ3n) is 12.9. The van der Waals surface area contributed by atoms with E-state index < -0.39 is 0 Å². The fraction of sp³-hybridized carbons (Fsp3) is 0. The van der Waals surface area contributed by atoms with Gasteiger partial charge in [-0.2, -0.15) is 0 Å². The molecular weight excluding hydrogens is 777 g/mol. The molecule has 0 spiro atoms. The van der Waals surface area contributed by atoms with Crippen molar-refractivity contribution in [2.45, 2.75) is 0 Å². The minimum atomic E-state index is 0.680. The van der Waals surface area contributed by atoms with Crippen LogP contribution in [-0.4, -0.2) is 19.1 Å². The van der Waals surface area contributed by atoms with Crippen LogP contribution in [0.2, 0.25) is 0 Å². The predicted molar refractivity (Wildman–Crippen MR) is 267 cm³/mol. The van der Waals surface area contributed by atoms with Crippen molar-refractivity contribution < 1.29 is 0 Å². The van der Waals surface area contributed by atoms with Gasteiger partial charge in [-0.25, -0.2) is 9.97 Å². The van der Waals surface area contributed by atoms with Gasteiger partial charge in [0.15, 0.2) is 5.82 Å². The van der Waals surface area contributed by atoms with Gasteiger partial charge in [0.1, 0.15) is 0 Å². The van der Waals surface area contributed by atoms with E-state index in [-0.39, 0.29) is 0 Å². The van der Waals surface area contributed by atoms with Crippen LogP contribution in [0.1, 0.15) is 0 Å². The van der Waals surface area contributed by atoms with Crippen molar-refractivity contribution in [2.75, 3.05) is 0 Å². The monoisotopic (exact) mass is 814 g/mol. The Kier molecular flexibility index (Phi) is 8.18. The first-order valence-electron chi connectivity index (χ1n) is 21.8. The molecule has 0 aliphatic heterocycles. The van der Waals surface area contributed by atoms with Crippen LogP contribution in [0, 0.1) is 0 Å². The van der Waals surface area contributed by atoms with E-state index in [0.717, 1.165) is 61.6 Å². The second kappa shape index (κ2) is 14.5. The fourth-order valence-corrected chi connectivity index (χ4v) is 9.98. The summed E-state index contributed by atoms with van der Waals surface area (Å²) in [5, 5.41) is 9.73. The predicted octanol–water partition coefficient (Wildman–Crippen LogP) is 15.6. The summed E-state index contributed by atoms with van der Waals surface area (Å²) < 4.78 is 4.77. The first-order chi connectivity index (χ1) is 31.7. The molecule has 0 aliphatic rings. The number of rotatable bonds is 6. The van der Waals surface area contributed by atoms with Crippen molar-refractivity contribution in [3.05, 3.63) is 231 Å². The van der Waals surface area contributed by atoms with E-state index in [1.54, 1.807) is 0 Å². The molecule has 13 rings (SSSR count). The van der Waals surface area contributed by atoms with Gasteiger partial charge in [0.25, 0.3) is 0 Å². The summed E-state index contributed by atoms with van der Waals surface area (Å²) in [4.78, 5) is 10.8. The highest BCUT2D eigenvalue weighted by atomic mass is 15.0. The third kappa shape index (κ3) is 5.77. The number of nitrogens with zero attached hydrogens (tertiary/aromatic N) is 4. The maximum absolute atomic E-state index is 5.43. The molecule has 0 fully saturated rings. The number of benzene rings is 10. The third-order valence-corrected chi connectivity index (χ3v) is 12.9. The van der Waals surface area contributed by atoms with E-state index in [0.29, 0.717) is 5.82 Å². The minimum absolute atomic E-state index is 0.680. The SMILES string of the molecule is c1ccc(-c2nc(-c3cc(-c4cc5ccccc5c5ccccc45)cc(-n4c5ccccc5c5ccccc54)c3)cc(-c3ccc4c(c3)c3ccccc3n4-c3ccccc3)n2)cc1. The summed E-state index contributed by atoms with van der Waals surface area (Å²) >= 11 is 0. The smallest absolute Gasteiger partial charge is 0.160 e. The van der Waals surface area contributed by atoms with Crippen molar-refractivity contribution in [3.8, 4) is 56.4 Å². The van der Waals surface area contributed by atoms with E-state index in [2.05, 4.69) is 234 Å². The van der Waals surface area contributed by atoms with E-state index in [9.17, 15) is 0 Å². The summed E-state index contributed by atoms with van der Waals surface area (Å²) in [7, 11) is 0. The van der Waals surface area contributed by atoms with Crippen LogP contribution in [-0.2, 0) is 0 Å². The molecule has 10 aromatic carbocycles. The lowest BCUT2D eigenvalue weighted by Gasteiger charge is -2.17. The quantitative estimate of drug-likeness (QED) is 0.157. The lowest BCUT2D eigenvalue weighted by Crippen LogP contribution is -1.99. The van der Waals surface area contributed by atoms with Gasteiger partial charge >= 0.3 is 0 Å². The highest BCUT2D eigenvalue weighted by Crippen LogP contribution is 2.41. The zero-order valence-electron chi connectivity index (χ0n) is 34.7. The van der Waals surface area contributed by atoms with Gasteiger partial charge < -0.3 is 9.13 Å². The molecule has 298 valence electrons. The maximum atomic E-state index is 5.43. The highest BCUT2D eigenvalue weighted by molar-refractivity contribution is 6.15. The number of aromatic nitrogens is 4. The van der Waals surface area contributed by atoms with Crippen molar-refractivity contribution in [1.82, 2.24) is 19.1 Å². The second-order valence-electron chi connectivity index (χ2n) is 16.6. The summed E-state index contributed by atoms with van der Waals surface area (Å²) in [6.07, 6.45) is 0. The largest absolute Gasteiger partial charge is 0.309 e. The Morgan fingerprint density at radius 1 is 0.266 bits per heavy atom. The number of fused-ring (bicyclic) bond motifs is 9. The zero-order valence-corrected chi connectivity index (χ0v) is 34.7. The van der Waals surface area contributed by atoms with Crippen LogP contribution < -0.4 is 0 Å². The van der Waals surface area contributed by atoms with Crippen molar-refractivity contribution in [1.29, 1.82) is 0 Å². The Balaban J connectivity index is 1.09. The molecule has 4 heteroatoms. The van der Waals surface area contributed by atoms with E-state index in [1.165, 1.54) is 54.2 Å². The molecule has 0 radical (unpaired) electrons. The molecule has 0 atom stereocenters. The van der Waals surface area contributed by atoms with Gasteiger partial charge in [0.2, 0.25) is 0 Å². The average Bonchev–Trinajstić information content (AvgIpc) is 3.89. The van der Waals surface area contributed by atoms with Crippen LogP contribution in [0.5, 0.6) is 0 Å². The Bertz CT molecular complexity index is 3900. The normalized spacial score (nSPS) is 11.8. The minimum Gasteiger partial charge on any atom is -0.309 e. The first-order valence-corrected chi connectivity index (χ1v) is 21.8. The topological polar surface area (TPSA) is 35.6 Å². The Labute approximate surface area is 369 Å². The van der Waals surface area contributed by atoms with E-state index >= 15 is 0 Å². The van der Waals surface area contributed by atoms with Crippen LogP contribution >= 0.6 is 0 Å². The Hall–Kier alpha value is -8.60.